The minimum atomic E-state index is -4.36. The molecule has 180 valence electrons. The summed E-state index contributed by atoms with van der Waals surface area (Å²) in [5.74, 6) is 0.589. The fourth-order valence-corrected chi connectivity index (χ4v) is 4.16. The van der Waals surface area contributed by atoms with Crippen LogP contribution in [-0.4, -0.2) is 14.5 Å². The highest BCUT2D eigenvalue weighted by atomic mass is 19.4. The van der Waals surface area contributed by atoms with Gasteiger partial charge in [0.2, 0.25) is 0 Å². The Morgan fingerprint density at radius 1 is 0.833 bits per heavy atom. The number of alkyl halides is 3. The van der Waals surface area contributed by atoms with Crippen LogP contribution in [0.25, 0.3) is 33.3 Å². The van der Waals surface area contributed by atoms with E-state index in [1.54, 1.807) is 18.5 Å². The lowest BCUT2D eigenvalue weighted by molar-refractivity contribution is -0.137. The number of nitrogens with zero attached hydrogens (tertiary/aromatic N) is 3. The summed E-state index contributed by atoms with van der Waals surface area (Å²) in [5.41, 5.74) is 4.59. The van der Waals surface area contributed by atoms with Crippen LogP contribution in [0.2, 0.25) is 0 Å². The Kier molecular flexibility index (Phi) is 5.80. The van der Waals surface area contributed by atoms with Crippen LogP contribution < -0.4 is 10.9 Å². The van der Waals surface area contributed by atoms with Crippen molar-refractivity contribution < 1.29 is 13.2 Å². The van der Waals surface area contributed by atoms with Crippen LogP contribution >= 0.6 is 0 Å². The summed E-state index contributed by atoms with van der Waals surface area (Å²) in [4.78, 5) is 21.0. The SMILES string of the molecule is Cc1cc2c(Nc3cc(-c4ccc(-c5ccc(C(F)(F)F)cc5)cc4)ncn3)cccc2n(C)c1=O. The Hall–Kier alpha value is -4.46. The zero-order chi connectivity index (χ0) is 25.4. The number of pyridine rings is 1. The molecular weight excluding hydrogens is 465 g/mol. The van der Waals surface area contributed by atoms with Crippen LogP contribution in [0.4, 0.5) is 24.7 Å². The van der Waals surface area contributed by atoms with Crippen molar-refractivity contribution >= 4 is 22.4 Å². The molecule has 0 spiro atoms. The van der Waals surface area contributed by atoms with E-state index in [2.05, 4.69) is 15.3 Å². The summed E-state index contributed by atoms with van der Waals surface area (Å²) >= 11 is 0. The molecule has 8 heteroatoms. The maximum absolute atomic E-state index is 12.8. The number of halogens is 3. The third kappa shape index (κ3) is 4.45. The van der Waals surface area contributed by atoms with Gasteiger partial charge in [0.25, 0.3) is 5.56 Å². The summed E-state index contributed by atoms with van der Waals surface area (Å²) < 4.78 is 40.1. The number of fused-ring (bicyclic) bond motifs is 1. The molecule has 5 aromatic rings. The first-order chi connectivity index (χ1) is 17.2. The molecule has 0 saturated carbocycles. The predicted molar refractivity (Wildman–Crippen MR) is 135 cm³/mol. The number of benzene rings is 3. The number of aryl methyl sites for hydroxylation is 2. The molecular formula is C28H21F3N4O. The summed E-state index contributed by atoms with van der Waals surface area (Å²) in [6.07, 6.45) is -2.89. The second kappa shape index (κ2) is 8.96. The van der Waals surface area contributed by atoms with E-state index in [1.807, 2.05) is 54.6 Å². The number of aromatic nitrogens is 3. The number of nitrogens with one attached hydrogen (secondary N) is 1. The van der Waals surface area contributed by atoms with Gasteiger partial charge in [-0.3, -0.25) is 4.79 Å². The lowest BCUT2D eigenvalue weighted by Gasteiger charge is -2.13. The molecule has 0 fully saturated rings. The van der Waals surface area contributed by atoms with Crippen LogP contribution in [0.5, 0.6) is 0 Å². The average molecular weight is 486 g/mol. The van der Waals surface area contributed by atoms with Gasteiger partial charge >= 0.3 is 6.18 Å². The monoisotopic (exact) mass is 486 g/mol. The summed E-state index contributed by atoms with van der Waals surface area (Å²) in [5, 5.41) is 4.23. The number of anilines is 2. The number of hydrogen-bond acceptors (Lipinski definition) is 4. The van der Waals surface area contributed by atoms with E-state index in [9.17, 15) is 18.0 Å². The maximum atomic E-state index is 12.8. The number of rotatable bonds is 4. The zero-order valence-corrected chi connectivity index (χ0v) is 19.5. The summed E-state index contributed by atoms with van der Waals surface area (Å²) in [7, 11) is 1.75. The summed E-state index contributed by atoms with van der Waals surface area (Å²) in [6.45, 7) is 1.79. The lowest BCUT2D eigenvalue weighted by atomic mass is 10.0. The van der Waals surface area contributed by atoms with Crippen LogP contribution in [0.3, 0.4) is 0 Å². The van der Waals surface area contributed by atoms with Gasteiger partial charge in [0.15, 0.2) is 0 Å². The quantitative estimate of drug-likeness (QED) is 0.306. The molecule has 0 unspecified atom stereocenters. The molecule has 0 aliphatic carbocycles. The van der Waals surface area contributed by atoms with Gasteiger partial charge in [-0.1, -0.05) is 42.5 Å². The van der Waals surface area contributed by atoms with Crippen LogP contribution in [0, 0.1) is 6.92 Å². The molecule has 0 atom stereocenters. The fourth-order valence-electron chi connectivity index (χ4n) is 4.16. The average Bonchev–Trinajstić information content (AvgIpc) is 2.88. The van der Waals surface area contributed by atoms with Gasteiger partial charge in [0.1, 0.15) is 12.1 Å². The molecule has 0 aliphatic rings. The van der Waals surface area contributed by atoms with Crippen molar-refractivity contribution in [3.8, 4) is 22.4 Å². The second-order valence-corrected chi connectivity index (χ2v) is 8.50. The Balaban J connectivity index is 1.42. The lowest BCUT2D eigenvalue weighted by Crippen LogP contribution is -2.19. The minimum Gasteiger partial charge on any atom is -0.340 e. The van der Waals surface area contributed by atoms with Gasteiger partial charge in [-0.15, -0.1) is 0 Å². The largest absolute Gasteiger partial charge is 0.416 e. The van der Waals surface area contributed by atoms with Gasteiger partial charge in [-0.25, -0.2) is 9.97 Å². The molecule has 0 saturated heterocycles. The van der Waals surface area contributed by atoms with Crippen LogP contribution in [0.15, 0.2) is 90.0 Å². The standard InChI is InChI=1S/C28H21F3N4O/c1-17-14-22-23(4-3-5-25(22)35(2)27(17)36)34-26-15-24(32-16-33-26)20-8-6-18(7-9-20)19-10-12-21(13-11-19)28(29,30)31/h3-16H,1-2H3,(H,32,33,34). The Morgan fingerprint density at radius 2 is 1.47 bits per heavy atom. The van der Waals surface area contributed by atoms with Gasteiger partial charge in [0, 0.05) is 35.3 Å². The Morgan fingerprint density at radius 3 is 2.14 bits per heavy atom. The molecule has 2 heterocycles. The Bertz CT molecular complexity index is 1620. The maximum Gasteiger partial charge on any atom is 0.416 e. The molecule has 0 amide bonds. The van der Waals surface area contributed by atoms with E-state index < -0.39 is 11.7 Å². The van der Waals surface area contributed by atoms with Crippen molar-refractivity contribution in [2.45, 2.75) is 13.1 Å². The molecule has 0 radical (unpaired) electrons. The first-order valence-corrected chi connectivity index (χ1v) is 11.2. The van der Waals surface area contributed by atoms with E-state index in [4.69, 9.17) is 0 Å². The van der Waals surface area contributed by atoms with E-state index in [1.165, 1.54) is 18.5 Å². The van der Waals surface area contributed by atoms with Crippen molar-refractivity contribution in [3.63, 3.8) is 0 Å². The molecule has 0 bridgehead atoms. The zero-order valence-electron chi connectivity index (χ0n) is 19.5. The van der Waals surface area contributed by atoms with Gasteiger partial charge < -0.3 is 9.88 Å². The molecule has 0 aliphatic heterocycles. The third-order valence-corrected chi connectivity index (χ3v) is 6.10. The van der Waals surface area contributed by atoms with Crippen molar-refractivity contribution in [2.75, 3.05) is 5.32 Å². The predicted octanol–water partition coefficient (Wildman–Crippen LogP) is 6.73. The Labute approximate surface area is 204 Å². The molecule has 5 nitrogen and oxygen atoms in total. The first kappa shape index (κ1) is 23.3. The van der Waals surface area contributed by atoms with Crippen LogP contribution in [0.1, 0.15) is 11.1 Å². The van der Waals surface area contributed by atoms with Gasteiger partial charge in [-0.05, 0) is 48.4 Å². The van der Waals surface area contributed by atoms with Gasteiger partial charge in [0.05, 0.1) is 16.8 Å². The highest BCUT2D eigenvalue weighted by Crippen LogP contribution is 2.32. The van der Waals surface area contributed by atoms with E-state index in [0.29, 0.717) is 22.6 Å². The normalized spacial score (nSPS) is 11.6. The number of hydrogen-bond donors (Lipinski definition) is 1. The van der Waals surface area contributed by atoms with Crippen molar-refractivity contribution in [2.24, 2.45) is 7.05 Å². The van der Waals surface area contributed by atoms with Crippen molar-refractivity contribution in [1.82, 2.24) is 14.5 Å². The highest BCUT2D eigenvalue weighted by molar-refractivity contribution is 5.93. The fraction of sp³-hybridized carbons (Fsp3) is 0.107. The molecule has 36 heavy (non-hydrogen) atoms. The third-order valence-electron chi connectivity index (χ3n) is 6.10. The van der Waals surface area contributed by atoms with Crippen LogP contribution in [-0.2, 0) is 13.2 Å². The van der Waals surface area contributed by atoms with Crippen molar-refractivity contribution in [3.05, 3.63) is 107 Å². The van der Waals surface area contributed by atoms with E-state index in [0.717, 1.165) is 39.8 Å². The summed E-state index contributed by atoms with van der Waals surface area (Å²) in [6, 6.07) is 21.9. The highest BCUT2D eigenvalue weighted by Gasteiger charge is 2.29. The smallest absolute Gasteiger partial charge is 0.340 e. The van der Waals surface area contributed by atoms with Gasteiger partial charge in [-0.2, -0.15) is 13.2 Å². The van der Waals surface area contributed by atoms with E-state index >= 15 is 0 Å². The second-order valence-electron chi connectivity index (χ2n) is 8.50. The molecule has 5 rings (SSSR count). The minimum absolute atomic E-state index is 0.0382. The first-order valence-electron chi connectivity index (χ1n) is 11.2. The topological polar surface area (TPSA) is 59.8 Å². The molecule has 1 N–H and O–H groups in total. The molecule has 2 aromatic heterocycles. The molecule has 3 aromatic carbocycles. The van der Waals surface area contributed by atoms with E-state index in [-0.39, 0.29) is 5.56 Å². The van der Waals surface area contributed by atoms with Crippen molar-refractivity contribution in [1.29, 1.82) is 0 Å².